The van der Waals surface area contributed by atoms with E-state index >= 15 is 0 Å². The molecule has 0 aliphatic heterocycles. The number of hydrogen-bond acceptors (Lipinski definition) is 3. The van der Waals surface area contributed by atoms with E-state index in [-0.39, 0.29) is 16.4 Å². The van der Waals surface area contributed by atoms with Gasteiger partial charge in [0.15, 0.2) is 0 Å². The number of hydrogen-bond donors (Lipinski definition) is 0. The van der Waals surface area contributed by atoms with Crippen LogP contribution in [0.3, 0.4) is 0 Å². The van der Waals surface area contributed by atoms with Crippen molar-refractivity contribution in [1.82, 2.24) is 0 Å². The smallest absolute Gasteiger partial charge is 0.206 e. The van der Waals surface area contributed by atoms with Gasteiger partial charge in [-0.2, -0.15) is 0 Å². The zero-order chi connectivity index (χ0) is 14.6. The predicted molar refractivity (Wildman–Crippen MR) is 78.8 cm³/mol. The van der Waals surface area contributed by atoms with E-state index in [1.54, 1.807) is 42.5 Å². The molecule has 0 N–H and O–H groups in total. The fourth-order valence-corrected chi connectivity index (χ4v) is 2.95. The molecule has 2 aromatic carbocycles. The number of ether oxygens (including phenoxy) is 1. The Morgan fingerprint density at radius 2 is 1.55 bits per heavy atom. The molecule has 2 aromatic rings. The maximum Gasteiger partial charge on any atom is 0.206 e. The van der Waals surface area contributed by atoms with Gasteiger partial charge in [-0.25, -0.2) is 8.42 Å². The summed E-state index contributed by atoms with van der Waals surface area (Å²) in [4.78, 5) is 0.489. The maximum atomic E-state index is 12.3. The molecule has 3 nitrogen and oxygen atoms in total. The molecule has 0 aliphatic rings. The Labute approximate surface area is 123 Å². The lowest BCUT2D eigenvalue weighted by Gasteiger charge is -2.07. The molecule has 0 fully saturated rings. The van der Waals surface area contributed by atoms with Gasteiger partial charge in [0, 0.05) is 5.03 Å². The van der Waals surface area contributed by atoms with Crippen LogP contribution in [0.25, 0.3) is 0 Å². The third-order valence-electron chi connectivity index (χ3n) is 2.58. The number of halogens is 1. The summed E-state index contributed by atoms with van der Waals surface area (Å²) in [5.74, 6) is 0.541. The van der Waals surface area contributed by atoms with Crippen LogP contribution in [0.5, 0.6) is 5.75 Å². The first-order chi connectivity index (χ1) is 9.50. The average Bonchev–Trinajstić information content (AvgIpc) is 2.46. The van der Waals surface area contributed by atoms with Crippen LogP contribution in [-0.4, -0.2) is 15.0 Å². The maximum absolute atomic E-state index is 12.3. The lowest BCUT2D eigenvalue weighted by atomic mass is 10.3. The summed E-state index contributed by atoms with van der Waals surface area (Å²) in [7, 11) is -3.49. The Bertz CT molecular complexity index is 692. The molecule has 0 saturated carbocycles. The summed E-state index contributed by atoms with van der Waals surface area (Å²) in [5, 5.41) is 0.381. The standard InChI is InChI=1S/C15H13ClO3S/c1-12(16)11-19-13-7-9-15(10-8-13)20(17,18)14-5-3-2-4-6-14/h2-10H,1,11H2. The molecule has 0 heterocycles. The first-order valence-corrected chi connectivity index (χ1v) is 7.72. The minimum Gasteiger partial charge on any atom is -0.488 e. The van der Waals surface area contributed by atoms with Gasteiger partial charge in [0.05, 0.1) is 9.79 Å². The van der Waals surface area contributed by atoms with E-state index in [1.165, 1.54) is 12.1 Å². The molecule has 104 valence electrons. The molecule has 0 amide bonds. The summed E-state index contributed by atoms with van der Waals surface area (Å²) in [6, 6.07) is 14.5. The molecule has 0 spiro atoms. The van der Waals surface area contributed by atoms with Gasteiger partial charge < -0.3 is 4.74 Å². The minimum absolute atomic E-state index is 0.187. The molecule has 0 aliphatic carbocycles. The van der Waals surface area contributed by atoms with Crippen molar-refractivity contribution < 1.29 is 13.2 Å². The Morgan fingerprint density at radius 1 is 1.00 bits per heavy atom. The van der Waals surface area contributed by atoms with Crippen LogP contribution >= 0.6 is 11.6 Å². The molecule has 20 heavy (non-hydrogen) atoms. The second kappa shape index (κ2) is 6.11. The van der Waals surface area contributed by atoms with Crippen LogP contribution in [-0.2, 0) is 9.84 Å². The molecule has 0 unspecified atom stereocenters. The fraction of sp³-hybridized carbons (Fsp3) is 0.0667. The second-order valence-corrected chi connectivity index (χ2v) is 6.58. The van der Waals surface area contributed by atoms with Crippen LogP contribution < -0.4 is 4.74 Å². The number of sulfone groups is 1. The van der Waals surface area contributed by atoms with Crippen LogP contribution in [0.15, 0.2) is 76.0 Å². The van der Waals surface area contributed by atoms with Gasteiger partial charge in [-0.05, 0) is 36.4 Å². The van der Waals surface area contributed by atoms with Crippen molar-refractivity contribution in [3.05, 3.63) is 66.2 Å². The van der Waals surface area contributed by atoms with E-state index in [9.17, 15) is 8.42 Å². The van der Waals surface area contributed by atoms with Crippen molar-refractivity contribution >= 4 is 21.4 Å². The monoisotopic (exact) mass is 308 g/mol. The van der Waals surface area contributed by atoms with E-state index in [0.717, 1.165) is 0 Å². The molecule has 0 aromatic heterocycles. The normalized spacial score (nSPS) is 11.1. The van der Waals surface area contributed by atoms with Crippen molar-refractivity contribution in [3.8, 4) is 5.75 Å². The predicted octanol–water partition coefficient (Wildman–Crippen LogP) is 3.65. The summed E-state index contributed by atoms with van der Waals surface area (Å²) >= 11 is 5.60. The van der Waals surface area contributed by atoms with Gasteiger partial charge >= 0.3 is 0 Å². The molecule has 0 radical (unpaired) electrons. The Kier molecular flexibility index (Phi) is 4.47. The SMILES string of the molecule is C=C(Cl)COc1ccc(S(=O)(=O)c2ccccc2)cc1. The van der Waals surface area contributed by atoms with Gasteiger partial charge in [0.1, 0.15) is 12.4 Å². The number of benzene rings is 2. The minimum atomic E-state index is -3.49. The van der Waals surface area contributed by atoms with Crippen molar-refractivity contribution in [2.75, 3.05) is 6.61 Å². The van der Waals surface area contributed by atoms with Crippen LogP contribution in [0, 0.1) is 0 Å². The third-order valence-corrected chi connectivity index (χ3v) is 4.48. The van der Waals surface area contributed by atoms with Crippen LogP contribution in [0.4, 0.5) is 0 Å². The summed E-state index contributed by atoms with van der Waals surface area (Å²) in [5.41, 5.74) is 0. The quantitative estimate of drug-likeness (QED) is 0.847. The van der Waals surface area contributed by atoms with Crippen molar-refractivity contribution in [3.63, 3.8) is 0 Å². The average molecular weight is 309 g/mol. The first kappa shape index (κ1) is 14.6. The lowest BCUT2D eigenvalue weighted by Crippen LogP contribution is -2.02. The fourth-order valence-electron chi connectivity index (χ4n) is 1.61. The summed E-state index contributed by atoms with van der Waals surface area (Å²) in [6.45, 7) is 3.70. The topological polar surface area (TPSA) is 43.4 Å². The molecule has 5 heteroatoms. The highest BCUT2D eigenvalue weighted by Gasteiger charge is 2.16. The third kappa shape index (κ3) is 3.40. The first-order valence-electron chi connectivity index (χ1n) is 5.86. The van der Waals surface area contributed by atoms with Crippen LogP contribution in [0.1, 0.15) is 0 Å². The molecule has 0 bridgehead atoms. The van der Waals surface area contributed by atoms with Gasteiger partial charge in [-0.1, -0.05) is 36.4 Å². The lowest BCUT2D eigenvalue weighted by molar-refractivity contribution is 0.359. The highest BCUT2D eigenvalue weighted by Crippen LogP contribution is 2.23. The van der Waals surface area contributed by atoms with Gasteiger partial charge in [-0.15, -0.1) is 0 Å². The zero-order valence-electron chi connectivity index (χ0n) is 10.6. The Hall–Kier alpha value is -1.78. The van der Waals surface area contributed by atoms with Gasteiger partial charge in [0.25, 0.3) is 0 Å². The van der Waals surface area contributed by atoms with Crippen LogP contribution in [0.2, 0.25) is 0 Å². The van der Waals surface area contributed by atoms with Gasteiger partial charge in [-0.3, -0.25) is 0 Å². The molecular weight excluding hydrogens is 296 g/mol. The van der Waals surface area contributed by atoms with Crippen molar-refractivity contribution in [2.45, 2.75) is 9.79 Å². The molecule has 0 atom stereocenters. The number of rotatable bonds is 5. The van der Waals surface area contributed by atoms with E-state index in [0.29, 0.717) is 10.8 Å². The molecule has 2 rings (SSSR count). The molecular formula is C15H13ClO3S. The van der Waals surface area contributed by atoms with E-state index in [2.05, 4.69) is 6.58 Å². The van der Waals surface area contributed by atoms with E-state index < -0.39 is 9.84 Å². The van der Waals surface area contributed by atoms with E-state index in [4.69, 9.17) is 16.3 Å². The summed E-state index contributed by atoms with van der Waals surface area (Å²) < 4.78 is 30.0. The summed E-state index contributed by atoms with van der Waals surface area (Å²) in [6.07, 6.45) is 0. The Balaban J connectivity index is 2.24. The second-order valence-electron chi connectivity index (χ2n) is 4.09. The zero-order valence-corrected chi connectivity index (χ0v) is 12.2. The highest BCUT2D eigenvalue weighted by molar-refractivity contribution is 7.91. The van der Waals surface area contributed by atoms with Crippen molar-refractivity contribution in [2.24, 2.45) is 0 Å². The highest BCUT2D eigenvalue weighted by atomic mass is 35.5. The van der Waals surface area contributed by atoms with E-state index in [1.807, 2.05) is 0 Å². The largest absolute Gasteiger partial charge is 0.488 e. The van der Waals surface area contributed by atoms with Crippen molar-refractivity contribution in [1.29, 1.82) is 0 Å². The Morgan fingerprint density at radius 3 is 2.10 bits per heavy atom. The van der Waals surface area contributed by atoms with Gasteiger partial charge in [0.2, 0.25) is 9.84 Å². The molecule has 0 saturated heterocycles.